The SMILES string of the molecule is NC(=O)C(OC(=O)CCNc1ncccn1)c1ccc(F)cc1. The Morgan fingerprint density at radius 1 is 1.22 bits per heavy atom. The van der Waals surface area contributed by atoms with Crippen molar-refractivity contribution >= 4 is 17.8 Å². The van der Waals surface area contributed by atoms with Crippen LogP contribution in [0.3, 0.4) is 0 Å². The minimum Gasteiger partial charge on any atom is -0.447 e. The molecular weight excluding hydrogens is 303 g/mol. The molecule has 2 rings (SSSR count). The summed E-state index contributed by atoms with van der Waals surface area (Å²) in [5.74, 6) is -1.54. The molecule has 1 atom stereocenters. The average Bonchev–Trinajstić information content (AvgIpc) is 2.54. The third-order valence-electron chi connectivity index (χ3n) is 2.86. The number of amides is 1. The van der Waals surface area contributed by atoms with E-state index in [1.54, 1.807) is 18.5 Å². The van der Waals surface area contributed by atoms with Gasteiger partial charge in [-0.2, -0.15) is 0 Å². The van der Waals surface area contributed by atoms with Crippen molar-refractivity contribution in [3.63, 3.8) is 0 Å². The molecule has 0 radical (unpaired) electrons. The van der Waals surface area contributed by atoms with Gasteiger partial charge in [0.05, 0.1) is 6.42 Å². The number of carbonyl (C=O) groups excluding carboxylic acids is 2. The molecule has 23 heavy (non-hydrogen) atoms. The van der Waals surface area contributed by atoms with Crippen molar-refractivity contribution in [2.45, 2.75) is 12.5 Å². The first-order chi connectivity index (χ1) is 11.1. The summed E-state index contributed by atoms with van der Waals surface area (Å²) in [6, 6.07) is 6.67. The smallest absolute Gasteiger partial charge is 0.308 e. The Morgan fingerprint density at radius 3 is 2.48 bits per heavy atom. The molecule has 0 bridgehead atoms. The van der Waals surface area contributed by atoms with Gasteiger partial charge in [0.15, 0.2) is 0 Å². The lowest BCUT2D eigenvalue weighted by atomic mass is 10.1. The number of benzene rings is 1. The normalized spacial score (nSPS) is 11.5. The topological polar surface area (TPSA) is 107 Å². The highest BCUT2D eigenvalue weighted by Crippen LogP contribution is 2.18. The molecule has 0 aliphatic rings. The summed E-state index contributed by atoms with van der Waals surface area (Å²) in [7, 11) is 0. The van der Waals surface area contributed by atoms with Crippen LogP contribution in [0.25, 0.3) is 0 Å². The van der Waals surface area contributed by atoms with Gasteiger partial charge in [0.1, 0.15) is 5.82 Å². The van der Waals surface area contributed by atoms with E-state index in [0.29, 0.717) is 11.5 Å². The molecule has 0 aliphatic carbocycles. The summed E-state index contributed by atoms with van der Waals surface area (Å²) in [4.78, 5) is 31.1. The third-order valence-corrected chi connectivity index (χ3v) is 2.86. The standard InChI is InChI=1S/C15H15FN4O3/c16-11-4-2-10(3-5-11)13(14(17)22)23-12(21)6-9-20-15-18-7-1-8-19-15/h1-5,7-8,13H,6,9H2,(H2,17,22)(H,18,19,20). The number of rotatable bonds is 7. The fourth-order valence-corrected chi connectivity index (χ4v) is 1.79. The Morgan fingerprint density at radius 2 is 1.87 bits per heavy atom. The summed E-state index contributed by atoms with van der Waals surface area (Å²) < 4.78 is 18.0. The number of carbonyl (C=O) groups is 2. The van der Waals surface area contributed by atoms with Crippen LogP contribution in [-0.2, 0) is 14.3 Å². The van der Waals surface area contributed by atoms with E-state index >= 15 is 0 Å². The van der Waals surface area contributed by atoms with Gasteiger partial charge in [-0.25, -0.2) is 14.4 Å². The summed E-state index contributed by atoms with van der Waals surface area (Å²) in [5.41, 5.74) is 5.54. The highest BCUT2D eigenvalue weighted by Gasteiger charge is 2.22. The van der Waals surface area contributed by atoms with Crippen molar-refractivity contribution in [1.82, 2.24) is 9.97 Å². The van der Waals surface area contributed by atoms with Crippen molar-refractivity contribution in [2.24, 2.45) is 5.73 Å². The van der Waals surface area contributed by atoms with Gasteiger partial charge < -0.3 is 15.8 Å². The van der Waals surface area contributed by atoms with Crippen molar-refractivity contribution in [1.29, 1.82) is 0 Å². The number of nitrogens with two attached hydrogens (primary N) is 1. The summed E-state index contributed by atoms with van der Waals surface area (Å²) in [6.45, 7) is 0.234. The van der Waals surface area contributed by atoms with E-state index in [9.17, 15) is 14.0 Å². The molecule has 1 aromatic heterocycles. The Balaban J connectivity index is 1.88. The maximum absolute atomic E-state index is 12.9. The predicted molar refractivity (Wildman–Crippen MR) is 79.6 cm³/mol. The van der Waals surface area contributed by atoms with Crippen LogP contribution in [0.4, 0.5) is 10.3 Å². The van der Waals surface area contributed by atoms with Crippen LogP contribution in [0.1, 0.15) is 18.1 Å². The predicted octanol–water partition coefficient (Wildman–Crippen LogP) is 1.19. The molecular formula is C15H15FN4O3. The summed E-state index contributed by atoms with van der Waals surface area (Å²) >= 11 is 0. The van der Waals surface area contributed by atoms with E-state index in [2.05, 4.69) is 15.3 Å². The van der Waals surface area contributed by atoms with Crippen LogP contribution >= 0.6 is 0 Å². The largest absolute Gasteiger partial charge is 0.447 e. The van der Waals surface area contributed by atoms with E-state index in [-0.39, 0.29) is 13.0 Å². The van der Waals surface area contributed by atoms with Crippen LogP contribution in [0, 0.1) is 5.82 Å². The lowest BCUT2D eigenvalue weighted by Gasteiger charge is -2.15. The van der Waals surface area contributed by atoms with Crippen molar-refractivity contribution in [2.75, 3.05) is 11.9 Å². The number of hydrogen-bond donors (Lipinski definition) is 2. The van der Waals surface area contributed by atoms with Gasteiger partial charge in [-0.3, -0.25) is 9.59 Å². The lowest BCUT2D eigenvalue weighted by molar-refractivity contribution is -0.155. The molecule has 2 aromatic rings. The molecule has 1 unspecified atom stereocenters. The van der Waals surface area contributed by atoms with Gasteiger partial charge in [-0.1, -0.05) is 12.1 Å². The maximum Gasteiger partial charge on any atom is 0.308 e. The minimum atomic E-state index is -1.25. The second-order valence-corrected chi connectivity index (χ2v) is 4.57. The molecule has 0 fully saturated rings. The number of hydrogen-bond acceptors (Lipinski definition) is 6. The maximum atomic E-state index is 12.9. The molecule has 1 aromatic carbocycles. The van der Waals surface area contributed by atoms with Gasteiger partial charge in [0.25, 0.3) is 5.91 Å². The van der Waals surface area contributed by atoms with Crippen molar-refractivity contribution in [3.8, 4) is 0 Å². The molecule has 8 heteroatoms. The fourth-order valence-electron chi connectivity index (χ4n) is 1.79. The Hall–Kier alpha value is -3.03. The summed E-state index contributed by atoms with van der Waals surface area (Å²) in [6.07, 6.45) is 1.86. The van der Waals surface area contributed by atoms with Crippen LogP contribution in [-0.4, -0.2) is 28.4 Å². The second-order valence-electron chi connectivity index (χ2n) is 4.57. The zero-order valence-electron chi connectivity index (χ0n) is 12.1. The molecule has 1 heterocycles. The average molecular weight is 318 g/mol. The molecule has 0 saturated heterocycles. The number of anilines is 1. The molecule has 0 spiro atoms. The number of halogens is 1. The Bertz CT molecular complexity index is 664. The van der Waals surface area contributed by atoms with E-state index in [4.69, 9.17) is 10.5 Å². The van der Waals surface area contributed by atoms with E-state index < -0.39 is 23.8 Å². The van der Waals surface area contributed by atoms with E-state index in [0.717, 1.165) is 12.1 Å². The zero-order valence-corrected chi connectivity index (χ0v) is 12.1. The Labute approximate surface area is 131 Å². The van der Waals surface area contributed by atoms with E-state index in [1.807, 2.05) is 0 Å². The first-order valence-corrected chi connectivity index (χ1v) is 6.81. The molecule has 1 amide bonds. The first kappa shape index (κ1) is 16.3. The third kappa shape index (κ3) is 5.03. The van der Waals surface area contributed by atoms with Crippen LogP contribution in [0.5, 0.6) is 0 Å². The van der Waals surface area contributed by atoms with Gasteiger partial charge in [0, 0.05) is 24.5 Å². The number of primary amides is 1. The minimum absolute atomic E-state index is 0.0107. The van der Waals surface area contributed by atoms with Crippen molar-refractivity contribution < 1.29 is 18.7 Å². The first-order valence-electron chi connectivity index (χ1n) is 6.81. The van der Waals surface area contributed by atoms with Crippen LogP contribution < -0.4 is 11.1 Å². The molecule has 120 valence electrons. The van der Waals surface area contributed by atoms with Gasteiger partial charge >= 0.3 is 5.97 Å². The van der Waals surface area contributed by atoms with Gasteiger partial charge in [-0.15, -0.1) is 0 Å². The lowest BCUT2D eigenvalue weighted by Crippen LogP contribution is -2.27. The van der Waals surface area contributed by atoms with Gasteiger partial charge in [-0.05, 0) is 18.2 Å². The van der Waals surface area contributed by atoms with E-state index in [1.165, 1.54) is 12.1 Å². The number of aromatic nitrogens is 2. The van der Waals surface area contributed by atoms with Crippen molar-refractivity contribution in [3.05, 3.63) is 54.1 Å². The monoisotopic (exact) mass is 318 g/mol. The second kappa shape index (κ2) is 7.83. The number of ether oxygens (including phenoxy) is 1. The molecule has 7 nitrogen and oxygen atoms in total. The number of esters is 1. The number of nitrogens with zero attached hydrogens (tertiary/aromatic N) is 2. The highest BCUT2D eigenvalue weighted by molar-refractivity contribution is 5.83. The quantitative estimate of drug-likeness (QED) is 0.743. The van der Waals surface area contributed by atoms with Gasteiger partial charge in [0.2, 0.25) is 12.1 Å². The highest BCUT2D eigenvalue weighted by atomic mass is 19.1. The molecule has 0 aliphatic heterocycles. The molecule has 0 saturated carbocycles. The van der Waals surface area contributed by atoms with Crippen LogP contribution in [0.2, 0.25) is 0 Å². The van der Waals surface area contributed by atoms with Crippen LogP contribution in [0.15, 0.2) is 42.7 Å². The number of nitrogens with one attached hydrogen (secondary N) is 1. The Kier molecular flexibility index (Phi) is 5.56. The summed E-state index contributed by atoms with van der Waals surface area (Å²) in [5, 5.41) is 2.84. The zero-order chi connectivity index (χ0) is 16.7. The fraction of sp³-hybridized carbons (Fsp3) is 0.200. The molecule has 3 N–H and O–H groups in total.